The van der Waals surface area contributed by atoms with Crippen LogP contribution in [0.3, 0.4) is 0 Å². The van der Waals surface area contributed by atoms with E-state index in [0.717, 1.165) is 6.42 Å². The molecule has 1 N–H and O–H groups in total. The number of ether oxygens (including phenoxy) is 1. The highest BCUT2D eigenvalue weighted by molar-refractivity contribution is 5.96. The number of carbonyl (C=O) groups is 2. The molecule has 0 radical (unpaired) electrons. The van der Waals surface area contributed by atoms with E-state index in [4.69, 9.17) is 4.74 Å². The second kappa shape index (κ2) is 6.36. The second-order valence-corrected chi connectivity index (χ2v) is 4.84. The van der Waals surface area contributed by atoms with Crippen molar-refractivity contribution < 1.29 is 14.3 Å². The maximum absolute atomic E-state index is 12.4. The molecule has 2 heterocycles. The van der Waals surface area contributed by atoms with Gasteiger partial charge >= 0.3 is 0 Å². The number of hydrogen-bond donors (Lipinski definition) is 1. The molecule has 6 heteroatoms. The third-order valence-corrected chi connectivity index (χ3v) is 3.52. The van der Waals surface area contributed by atoms with Crippen LogP contribution < -0.4 is 10.1 Å². The molecule has 0 spiro atoms. The number of carbonyl (C=O) groups excluding carboxylic acids is 2. The summed E-state index contributed by atoms with van der Waals surface area (Å²) < 4.78 is 5.11. The summed E-state index contributed by atoms with van der Waals surface area (Å²) in [6.45, 7) is 1.27. The van der Waals surface area contributed by atoms with E-state index in [1.54, 1.807) is 30.3 Å². The zero-order chi connectivity index (χ0) is 14.5. The summed E-state index contributed by atoms with van der Waals surface area (Å²) in [5, 5.41) is 2.61. The van der Waals surface area contributed by atoms with Crippen LogP contribution in [0.25, 0.3) is 0 Å². The van der Waals surface area contributed by atoms with Crippen molar-refractivity contribution in [2.45, 2.75) is 12.8 Å². The third kappa shape index (κ3) is 3.07. The molecule has 0 saturated carbocycles. The fourth-order valence-electron chi connectivity index (χ4n) is 2.43. The lowest BCUT2D eigenvalue weighted by molar-refractivity contribution is -0.121. The average Bonchev–Trinajstić information content (AvgIpc) is 2.94. The predicted octanol–water partition coefficient (Wildman–Crippen LogP) is 0.688. The van der Waals surface area contributed by atoms with Crippen molar-refractivity contribution in [1.29, 1.82) is 0 Å². The van der Waals surface area contributed by atoms with E-state index >= 15 is 0 Å². The van der Waals surface area contributed by atoms with Crippen LogP contribution in [0.5, 0.6) is 5.88 Å². The molecule has 1 unspecified atom stereocenters. The van der Waals surface area contributed by atoms with Crippen molar-refractivity contribution in [3.8, 4) is 5.88 Å². The number of likely N-dealkylation sites (tertiary alicyclic amines) is 1. The van der Waals surface area contributed by atoms with Gasteiger partial charge in [0.2, 0.25) is 11.8 Å². The molecule has 1 aliphatic heterocycles. The van der Waals surface area contributed by atoms with Gasteiger partial charge < -0.3 is 15.0 Å². The van der Waals surface area contributed by atoms with Gasteiger partial charge in [-0.2, -0.15) is 0 Å². The van der Waals surface area contributed by atoms with Crippen LogP contribution in [0, 0.1) is 5.92 Å². The summed E-state index contributed by atoms with van der Waals surface area (Å²) in [4.78, 5) is 29.6. The van der Waals surface area contributed by atoms with Crippen molar-refractivity contribution in [2.75, 3.05) is 27.2 Å². The fourth-order valence-corrected chi connectivity index (χ4v) is 2.43. The monoisotopic (exact) mass is 277 g/mol. The first-order chi connectivity index (χ1) is 9.65. The van der Waals surface area contributed by atoms with E-state index in [9.17, 15) is 9.59 Å². The van der Waals surface area contributed by atoms with Crippen molar-refractivity contribution in [1.82, 2.24) is 15.2 Å². The minimum absolute atomic E-state index is 0.0169. The molecule has 6 nitrogen and oxygen atoms in total. The molecule has 2 rings (SSSR count). The predicted molar refractivity (Wildman–Crippen MR) is 73.5 cm³/mol. The Morgan fingerprint density at radius 2 is 2.35 bits per heavy atom. The Hall–Kier alpha value is -2.11. The number of nitrogens with one attached hydrogen (secondary N) is 1. The minimum atomic E-state index is -0.0886. The first-order valence-electron chi connectivity index (χ1n) is 6.64. The number of rotatable bonds is 4. The number of pyridine rings is 1. The molecule has 1 atom stereocenters. The number of hydrogen-bond acceptors (Lipinski definition) is 4. The SMILES string of the molecule is CNC(=O)CC1CCN(C(=O)c2cccnc2OC)C1. The first-order valence-corrected chi connectivity index (χ1v) is 6.64. The van der Waals surface area contributed by atoms with E-state index in [-0.39, 0.29) is 17.7 Å². The van der Waals surface area contributed by atoms with Gasteiger partial charge in [-0.3, -0.25) is 9.59 Å². The minimum Gasteiger partial charge on any atom is -0.480 e. The molecule has 2 amide bonds. The Kier molecular flexibility index (Phi) is 4.55. The fraction of sp³-hybridized carbons (Fsp3) is 0.500. The van der Waals surface area contributed by atoms with Gasteiger partial charge in [0.15, 0.2) is 0 Å². The van der Waals surface area contributed by atoms with Crippen LogP contribution in [0.1, 0.15) is 23.2 Å². The highest BCUT2D eigenvalue weighted by Gasteiger charge is 2.29. The molecular formula is C14H19N3O3. The molecule has 108 valence electrons. The largest absolute Gasteiger partial charge is 0.480 e. The molecule has 0 aromatic carbocycles. The molecule has 0 bridgehead atoms. The number of nitrogens with zero attached hydrogens (tertiary/aromatic N) is 2. The summed E-state index contributed by atoms with van der Waals surface area (Å²) in [5.74, 6) is 0.492. The summed E-state index contributed by atoms with van der Waals surface area (Å²) >= 11 is 0. The van der Waals surface area contributed by atoms with Crippen LogP contribution in [-0.4, -0.2) is 48.9 Å². The van der Waals surface area contributed by atoms with E-state index in [0.29, 0.717) is 31.0 Å². The van der Waals surface area contributed by atoms with Gasteiger partial charge in [-0.1, -0.05) is 0 Å². The maximum atomic E-state index is 12.4. The highest BCUT2D eigenvalue weighted by atomic mass is 16.5. The van der Waals surface area contributed by atoms with Crippen molar-refractivity contribution in [3.63, 3.8) is 0 Å². The summed E-state index contributed by atoms with van der Waals surface area (Å²) in [6.07, 6.45) is 2.90. The molecule has 20 heavy (non-hydrogen) atoms. The van der Waals surface area contributed by atoms with Crippen molar-refractivity contribution >= 4 is 11.8 Å². The van der Waals surface area contributed by atoms with Crippen LogP contribution in [0.2, 0.25) is 0 Å². The Labute approximate surface area is 118 Å². The van der Waals surface area contributed by atoms with Gasteiger partial charge in [-0.25, -0.2) is 4.98 Å². The number of amides is 2. The molecule has 1 saturated heterocycles. The molecule has 0 aliphatic carbocycles. The van der Waals surface area contributed by atoms with Gasteiger partial charge in [0.05, 0.1) is 7.11 Å². The van der Waals surface area contributed by atoms with Crippen molar-refractivity contribution in [3.05, 3.63) is 23.9 Å². The summed E-state index contributed by atoms with van der Waals surface area (Å²) in [5.41, 5.74) is 0.468. The van der Waals surface area contributed by atoms with E-state index in [2.05, 4.69) is 10.3 Å². The lowest BCUT2D eigenvalue weighted by Crippen LogP contribution is -2.30. The number of aromatic nitrogens is 1. The lowest BCUT2D eigenvalue weighted by Gasteiger charge is -2.17. The first kappa shape index (κ1) is 14.3. The van der Waals surface area contributed by atoms with Crippen molar-refractivity contribution in [2.24, 2.45) is 5.92 Å². The Bertz CT molecular complexity index is 504. The average molecular weight is 277 g/mol. The molecule has 1 aromatic heterocycles. The standard InChI is InChI=1S/C14H19N3O3/c1-15-12(18)8-10-5-7-17(9-10)14(19)11-4-3-6-16-13(11)20-2/h3-4,6,10H,5,7-9H2,1-2H3,(H,15,18). The normalized spacial score (nSPS) is 17.9. The Balaban J connectivity index is 2.02. The Morgan fingerprint density at radius 3 is 3.05 bits per heavy atom. The molecule has 1 aliphatic rings. The van der Waals surface area contributed by atoms with Crippen LogP contribution >= 0.6 is 0 Å². The summed E-state index contributed by atoms with van der Waals surface area (Å²) in [7, 11) is 3.12. The van der Waals surface area contributed by atoms with Crippen LogP contribution in [-0.2, 0) is 4.79 Å². The smallest absolute Gasteiger partial charge is 0.259 e. The molecule has 1 fully saturated rings. The van der Waals surface area contributed by atoms with Crippen LogP contribution in [0.15, 0.2) is 18.3 Å². The molecule has 1 aromatic rings. The lowest BCUT2D eigenvalue weighted by atomic mass is 10.0. The highest BCUT2D eigenvalue weighted by Crippen LogP contribution is 2.24. The second-order valence-electron chi connectivity index (χ2n) is 4.84. The quantitative estimate of drug-likeness (QED) is 0.879. The zero-order valence-corrected chi connectivity index (χ0v) is 11.8. The van der Waals surface area contributed by atoms with Gasteiger partial charge in [-0.05, 0) is 24.5 Å². The van der Waals surface area contributed by atoms with Gasteiger partial charge in [0, 0.05) is 32.8 Å². The summed E-state index contributed by atoms with van der Waals surface area (Å²) in [6, 6.07) is 3.42. The third-order valence-electron chi connectivity index (χ3n) is 3.52. The van der Waals surface area contributed by atoms with Crippen LogP contribution in [0.4, 0.5) is 0 Å². The zero-order valence-electron chi connectivity index (χ0n) is 11.8. The van der Waals surface area contributed by atoms with E-state index < -0.39 is 0 Å². The van der Waals surface area contributed by atoms with E-state index in [1.807, 2.05) is 0 Å². The van der Waals surface area contributed by atoms with Gasteiger partial charge in [0.1, 0.15) is 5.56 Å². The van der Waals surface area contributed by atoms with Gasteiger partial charge in [-0.15, -0.1) is 0 Å². The maximum Gasteiger partial charge on any atom is 0.259 e. The molecular weight excluding hydrogens is 258 g/mol. The topological polar surface area (TPSA) is 71.5 Å². The number of methoxy groups -OCH3 is 1. The Morgan fingerprint density at radius 1 is 1.55 bits per heavy atom. The van der Waals surface area contributed by atoms with E-state index in [1.165, 1.54) is 7.11 Å². The van der Waals surface area contributed by atoms with Gasteiger partial charge in [0.25, 0.3) is 5.91 Å².